The number of likely N-dealkylation sites (tertiary alicyclic amines) is 2. The summed E-state index contributed by atoms with van der Waals surface area (Å²) < 4.78 is 0. The molecule has 1 aromatic rings. The number of aryl methyl sites for hydroxylation is 2. The number of carbonyl (C=O) groups is 2. The SMILES string of the molecule is CCCCN1C[C@]2(CCCN(C(=O)Cc3sc(C)nc3C)C2)CCC1=O. The number of thiazole rings is 1. The minimum Gasteiger partial charge on any atom is -0.342 e. The molecule has 2 aliphatic heterocycles. The molecule has 0 unspecified atom stereocenters. The molecule has 2 aliphatic rings. The summed E-state index contributed by atoms with van der Waals surface area (Å²) in [6, 6.07) is 0. The molecule has 2 fully saturated rings. The van der Waals surface area contributed by atoms with Crippen molar-refractivity contribution in [3.05, 3.63) is 15.6 Å². The van der Waals surface area contributed by atoms with Gasteiger partial charge in [0.05, 0.1) is 17.1 Å². The molecule has 1 atom stereocenters. The lowest BCUT2D eigenvalue weighted by Gasteiger charge is -2.48. The zero-order valence-corrected chi connectivity index (χ0v) is 17.2. The molecule has 0 N–H and O–H groups in total. The minimum absolute atomic E-state index is 0.105. The van der Waals surface area contributed by atoms with Gasteiger partial charge in [-0.15, -0.1) is 11.3 Å². The van der Waals surface area contributed by atoms with Crippen molar-refractivity contribution < 1.29 is 9.59 Å². The lowest BCUT2D eigenvalue weighted by molar-refractivity contribution is -0.142. The van der Waals surface area contributed by atoms with Crippen LogP contribution in [0, 0.1) is 19.3 Å². The topological polar surface area (TPSA) is 53.5 Å². The van der Waals surface area contributed by atoms with Crippen LogP contribution in [-0.2, 0) is 16.0 Å². The van der Waals surface area contributed by atoms with E-state index in [9.17, 15) is 9.59 Å². The molecular formula is C20H31N3O2S. The lowest BCUT2D eigenvalue weighted by atomic mass is 9.73. The Kier molecular flexibility index (Phi) is 6.00. The molecule has 144 valence electrons. The predicted molar refractivity (Wildman–Crippen MR) is 104 cm³/mol. The smallest absolute Gasteiger partial charge is 0.227 e. The maximum Gasteiger partial charge on any atom is 0.227 e. The molecule has 2 saturated heterocycles. The number of hydrogen-bond donors (Lipinski definition) is 0. The van der Waals surface area contributed by atoms with E-state index in [-0.39, 0.29) is 11.3 Å². The van der Waals surface area contributed by atoms with Gasteiger partial charge in [-0.3, -0.25) is 9.59 Å². The number of carbonyl (C=O) groups excluding carboxylic acids is 2. The molecule has 26 heavy (non-hydrogen) atoms. The van der Waals surface area contributed by atoms with E-state index in [4.69, 9.17) is 0 Å². The summed E-state index contributed by atoms with van der Waals surface area (Å²) in [5.41, 5.74) is 1.09. The summed E-state index contributed by atoms with van der Waals surface area (Å²) >= 11 is 1.63. The molecule has 6 heteroatoms. The van der Waals surface area contributed by atoms with E-state index < -0.39 is 0 Å². The molecule has 0 saturated carbocycles. The Labute approximate surface area is 160 Å². The van der Waals surface area contributed by atoms with Gasteiger partial charge in [-0.05, 0) is 39.5 Å². The summed E-state index contributed by atoms with van der Waals surface area (Å²) in [5, 5.41) is 1.03. The van der Waals surface area contributed by atoms with Gasteiger partial charge < -0.3 is 9.80 Å². The van der Waals surface area contributed by atoms with Crippen LogP contribution >= 0.6 is 11.3 Å². The summed E-state index contributed by atoms with van der Waals surface area (Å²) in [7, 11) is 0. The van der Waals surface area contributed by atoms with Gasteiger partial charge >= 0.3 is 0 Å². The Hall–Kier alpha value is -1.43. The van der Waals surface area contributed by atoms with Crippen LogP contribution in [0.2, 0.25) is 0 Å². The van der Waals surface area contributed by atoms with Crippen molar-refractivity contribution in [2.75, 3.05) is 26.2 Å². The second-order valence-corrected chi connectivity index (χ2v) is 9.29. The van der Waals surface area contributed by atoms with Crippen LogP contribution in [0.25, 0.3) is 0 Å². The third kappa shape index (κ3) is 4.27. The van der Waals surface area contributed by atoms with E-state index >= 15 is 0 Å². The Morgan fingerprint density at radius 2 is 2.08 bits per heavy atom. The van der Waals surface area contributed by atoms with E-state index in [1.165, 1.54) is 0 Å². The average Bonchev–Trinajstić information content (AvgIpc) is 2.93. The fourth-order valence-electron chi connectivity index (χ4n) is 4.40. The normalized spacial score (nSPS) is 23.7. The van der Waals surface area contributed by atoms with Gasteiger partial charge in [0.1, 0.15) is 0 Å². The van der Waals surface area contributed by atoms with Gasteiger partial charge in [0.25, 0.3) is 0 Å². The zero-order valence-electron chi connectivity index (χ0n) is 16.3. The highest BCUT2D eigenvalue weighted by atomic mass is 32.1. The minimum atomic E-state index is 0.105. The fourth-order valence-corrected chi connectivity index (χ4v) is 5.32. The van der Waals surface area contributed by atoms with Crippen LogP contribution < -0.4 is 0 Å². The van der Waals surface area contributed by atoms with Crippen LogP contribution in [0.15, 0.2) is 0 Å². The molecule has 5 nitrogen and oxygen atoms in total. The first-order valence-electron chi connectivity index (χ1n) is 9.91. The molecule has 2 amide bonds. The molecule has 0 bridgehead atoms. The Balaban J connectivity index is 1.65. The van der Waals surface area contributed by atoms with Crippen LogP contribution in [0.1, 0.15) is 61.0 Å². The Bertz CT molecular complexity index is 672. The van der Waals surface area contributed by atoms with Crippen LogP contribution in [-0.4, -0.2) is 52.8 Å². The number of nitrogens with zero attached hydrogens (tertiary/aromatic N) is 3. The van der Waals surface area contributed by atoms with Crippen LogP contribution in [0.4, 0.5) is 0 Å². The number of unbranched alkanes of at least 4 members (excludes halogenated alkanes) is 1. The van der Waals surface area contributed by atoms with Gasteiger partial charge in [-0.25, -0.2) is 4.98 Å². The van der Waals surface area contributed by atoms with Crippen molar-refractivity contribution in [2.45, 2.75) is 65.7 Å². The second kappa shape index (κ2) is 8.07. The number of hydrogen-bond acceptors (Lipinski definition) is 4. The standard InChI is InChI=1S/C20H31N3O2S/c1-4-5-10-22-13-20(9-7-18(22)24)8-6-11-23(14-20)19(25)12-17-15(2)21-16(3)26-17/h4-14H2,1-3H3/t20-/m0/s1. The highest BCUT2D eigenvalue weighted by Crippen LogP contribution is 2.39. The zero-order chi connectivity index (χ0) is 18.7. The predicted octanol–water partition coefficient (Wildman–Crippen LogP) is 3.33. The quantitative estimate of drug-likeness (QED) is 0.791. The van der Waals surface area contributed by atoms with E-state index in [0.29, 0.717) is 18.7 Å². The third-order valence-corrected chi connectivity index (χ3v) is 6.93. The fraction of sp³-hybridized carbons (Fsp3) is 0.750. The molecule has 0 radical (unpaired) electrons. The van der Waals surface area contributed by atoms with E-state index in [2.05, 4.69) is 16.8 Å². The first kappa shape index (κ1) is 19.3. The van der Waals surface area contributed by atoms with Crippen molar-refractivity contribution in [2.24, 2.45) is 5.41 Å². The number of aromatic nitrogens is 1. The van der Waals surface area contributed by atoms with Crippen molar-refractivity contribution in [3.8, 4) is 0 Å². The summed E-state index contributed by atoms with van der Waals surface area (Å²) in [6.45, 7) is 9.49. The van der Waals surface area contributed by atoms with Gasteiger partial charge in [0.15, 0.2) is 0 Å². The molecule has 1 spiro atoms. The maximum atomic E-state index is 12.9. The maximum absolute atomic E-state index is 12.9. The van der Waals surface area contributed by atoms with E-state index in [1.54, 1.807) is 11.3 Å². The molecule has 3 rings (SSSR count). The highest BCUT2D eigenvalue weighted by molar-refractivity contribution is 7.11. The molecule has 1 aromatic heterocycles. The first-order chi connectivity index (χ1) is 12.4. The first-order valence-corrected chi connectivity index (χ1v) is 10.7. The monoisotopic (exact) mass is 377 g/mol. The molecule has 0 aliphatic carbocycles. The Morgan fingerprint density at radius 3 is 2.77 bits per heavy atom. The molecular weight excluding hydrogens is 346 g/mol. The van der Waals surface area contributed by atoms with E-state index in [0.717, 1.165) is 73.9 Å². The van der Waals surface area contributed by atoms with Crippen molar-refractivity contribution >= 4 is 23.2 Å². The summed E-state index contributed by atoms with van der Waals surface area (Å²) in [4.78, 5) is 34.8. The van der Waals surface area contributed by atoms with Crippen molar-refractivity contribution in [1.29, 1.82) is 0 Å². The summed E-state index contributed by atoms with van der Waals surface area (Å²) in [5.74, 6) is 0.510. The van der Waals surface area contributed by atoms with Gasteiger partial charge in [-0.1, -0.05) is 13.3 Å². The third-order valence-electron chi connectivity index (χ3n) is 5.86. The summed E-state index contributed by atoms with van der Waals surface area (Å²) in [6.07, 6.45) is 6.37. The van der Waals surface area contributed by atoms with Crippen molar-refractivity contribution in [1.82, 2.24) is 14.8 Å². The lowest BCUT2D eigenvalue weighted by Crippen LogP contribution is -2.55. The Morgan fingerprint density at radius 1 is 1.27 bits per heavy atom. The number of rotatable bonds is 5. The molecule has 3 heterocycles. The largest absolute Gasteiger partial charge is 0.342 e. The van der Waals surface area contributed by atoms with Gasteiger partial charge in [0, 0.05) is 42.9 Å². The number of amides is 2. The average molecular weight is 378 g/mol. The van der Waals surface area contributed by atoms with Crippen molar-refractivity contribution in [3.63, 3.8) is 0 Å². The van der Waals surface area contributed by atoms with Crippen LogP contribution in [0.5, 0.6) is 0 Å². The molecule has 0 aromatic carbocycles. The van der Waals surface area contributed by atoms with Gasteiger partial charge in [-0.2, -0.15) is 0 Å². The highest BCUT2D eigenvalue weighted by Gasteiger charge is 2.42. The van der Waals surface area contributed by atoms with Crippen LogP contribution in [0.3, 0.4) is 0 Å². The number of piperidine rings is 2. The van der Waals surface area contributed by atoms with Gasteiger partial charge in [0.2, 0.25) is 11.8 Å². The second-order valence-electron chi connectivity index (χ2n) is 8.01. The van der Waals surface area contributed by atoms with E-state index in [1.807, 2.05) is 18.7 Å².